The number of hydrogen-bond acceptors (Lipinski definition) is 5. The van der Waals surface area contributed by atoms with Crippen LogP contribution in [0.25, 0.3) is 0 Å². The summed E-state index contributed by atoms with van der Waals surface area (Å²) in [5, 5.41) is 12.0. The van der Waals surface area contributed by atoms with Crippen LogP contribution in [0.5, 0.6) is 0 Å². The van der Waals surface area contributed by atoms with E-state index in [1.165, 1.54) is 17.5 Å². The molecule has 0 fully saturated rings. The first-order valence-electron chi connectivity index (χ1n) is 6.34. The van der Waals surface area contributed by atoms with Gasteiger partial charge in [-0.25, -0.2) is 9.97 Å². The van der Waals surface area contributed by atoms with Gasteiger partial charge in [0.15, 0.2) is 0 Å². The van der Waals surface area contributed by atoms with E-state index in [0.717, 1.165) is 5.69 Å². The SMILES string of the molecule is Cc1ccc(Nc2cc(N(C)CC#N)ncn2)cc1C. The van der Waals surface area contributed by atoms with Gasteiger partial charge in [-0.2, -0.15) is 5.26 Å². The summed E-state index contributed by atoms with van der Waals surface area (Å²) < 4.78 is 0. The molecule has 0 saturated carbocycles. The van der Waals surface area contributed by atoms with Gasteiger partial charge < -0.3 is 10.2 Å². The van der Waals surface area contributed by atoms with Crippen molar-refractivity contribution in [2.24, 2.45) is 0 Å². The third kappa shape index (κ3) is 3.23. The zero-order valence-corrected chi connectivity index (χ0v) is 11.9. The molecule has 1 heterocycles. The molecule has 5 nitrogen and oxygen atoms in total. The minimum absolute atomic E-state index is 0.292. The van der Waals surface area contributed by atoms with Crippen LogP contribution in [0.1, 0.15) is 11.1 Å². The van der Waals surface area contributed by atoms with Gasteiger partial charge in [0, 0.05) is 18.8 Å². The van der Waals surface area contributed by atoms with Gasteiger partial charge in [-0.05, 0) is 37.1 Å². The van der Waals surface area contributed by atoms with Gasteiger partial charge in [-0.1, -0.05) is 6.07 Å². The first kappa shape index (κ1) is 13.8. The summed E-state index contributed by atoms with van der Waals surface area (Å²) in [6.07, 6.45) is 1.49. The van der Waals surface area contributed by atoms with Crippen LogP contribution in [0, 0.1) is 25.2 Å². The van der Waals surface area contributed by atoms with Crippen molar-refractivity contribution in [2.75, 3.05) is 23.8 Å². The second-order valence-corrected chi connectivity index (χ2v) is 4.70. The number of aromatic nitrogens is 2. The fraction of sp³-hybridized carbons (Fsp3) is 0.267. The average Bonchev–Trinajstić information content (AvgIpc) is 2.43. The predicted molar refractivity (Wildman–Crippen MR) is 80.1 cm³/mol. The van der Waals surface area contributed by atoms with Crippen molar-refractivity contribution in [3.05, 3.63) is 41.7 Å². The second kappa shape index (κ2) is 6.02. The van der Waals surface area contributed by atoms with Crippen LogP contribution in [0.2, 0.25) is 0 Å². The molecule has 0 radical (unpaired) electrons. The Bertz CT molecular complexity index is 645. The Hall–Kier alpha value is -2.61. The molecule has 1 aromatic carbocycles. The summed E-state index contributed by atoms with van der Waals surface area (Å²) in [5.41, 5.74) is 3.47. The largest absolute Gasteiger partial charge is 0.346 e. The van der Waals surface area contributed by atoms with E-state index in [0.29, 0.717) is 18.2 Å². The molecular weight excluding hydrogens is 250 g/mol. The Kier molecular flexibility index (Phi) is 4.16. The molecule has 0 spiro atoms. The van der Waals surface area contributed by atoms with E-state index >= 15 is 0 Å². The molecule has 0 aliphatic rings. The van der Waals surface area contributed by atoms with Crippen molar-refractivity contribution in [1.29, 1.82) is 5.26 Å². The molecule has 0 aliphatic heterocycles. The number of nitriles is 1. The van der Waals surface area contributed by atoms with E-state index in [4.69, 9.17) is 5.26 Å². The predicted octanol–water partition coefficient (Wildman–Crippen LogP) is 2.80. The molecular formula is C15H17N5. The monoisotopic (exact) mass is 267 g/mol. The van der Waals surface area contributed by atoms with Gasteiger partial charge in [0.2, 0.25) is 0 Å². The van der Waals surface area contributed by atoms with Gasteiger partial charge in [-0.3, -0.25) is 0 Å². The number of aryl methyl sites for hydroxylation is 2. The lowest BCUT2D eigenvalue weighted by Crippen LogP contribution is -2.18. The quantitative estimate of drug-likeness (QED) is 0.863. The molecule has 2 rings (SSSR count). The minimum atomic E-state index is 0.292. The summed E-state index contributed by atoms with van der Waals surface area (Å²) >= 11 is 0. The second-order valence-electron chi connectivity index (χ2n) is 4.70. The average molecular weight is 267 g/mol. The number of hydrogen-bond donors (Lipinski definition) is 1. The summed E-state index contributed by atoms with van der Waals surface area (Å²) in [6.45, 7) is 4.45. The van der Waals surface area contributed by atoms with Gasteiger partial charge in [0.1, 0.15) is 24.5 Å². The lowest BCUT2D eigenvalue weighted by Gasteiger charge is -2.15. The highest BCUT2D eigenvalue weighted by Gasteiger charge is 2.04. The molecule has 0 aliphatic carbocycles. The Morgan fingerprint density at radius 3 is 2.70 bits per heavy atom. The number of anilines is 3. The van der Waals surface area contributed by atoms with Crippen molar-refractivity contribution in [2.45, 2.75) is 13.8 Å². The molecule has 1 N–H and O–H groups in total. The van der Waals surface area contributed by atoms with Crippen LogP contribution in [-0.2, 0) is 0 Å². The Labute approximate surface area is 118 Å². The van der Waals surface area contributed by atoms with Crippen LogP contribution in [0.15, 0.2) is 30.6 Å². The first-order chi connectivity index (χ1) is 9.60. The highest BCUT2D eigenvalue weighted by Crippen LogP contribution is 2.20. The number of nitrogens with one attached hydrogen (secondary N) is 1. The van der Waals surface area contributed by atoms with E-state index in [2.05, 4.69) is 47.3 Å². The number of nitrogens with zero attached hydrogens (tertiary/aromatic N) is 4. The molecule has 2 aromatic rings. The molecule has 0 saturated heterocycles. The third-order valence-corrected chi connectivity index (χ3v) is 3.13. The van der Waals surface area contributed by atoms with Crippen LogP contribution >= 0.6 is 0 Å². The maximum Gasteiger partial charge on any atom is 0.135 e. The Balaban J connectivity index is 2.19. The van der Waals surface area contributed by atoms with Gasteiger partial charge in [0.25, 0.3) is 0 Å². The van der Waals surface area contributed by atoms with Crippen molar-refractivity contribution in [1.82, 2.24) is 9.97 Å². The van der Waals surface area contributed by atoms with Gasteiger partial charge in [-0.15, -0.1) is 0 Å². The number of benzene rings is 1. The molecule has 0 amide bonds. The minimum Gasteiger partial charge on any atom is -0.346 e. The third-order valence-electron chi connectivity index (χ3n) is 3.13. The van der Waals surface area contributed by atoms with Crippen LogP contribution < -0.4 is 10.2 Å². The molecule has 1 aromatic heterocycles. The highest BCUT2D eigenvalue weighted by molar-refractivity contribution is 5.60. The van der Waals surface area contributed by atoms with Crippen molar-refractivity contribution >= 4 is 17.3 Å². The van der Waals surface area contributed by atoms with Crippen LogP contribution in [0.4, 0.5) is 17.3 Å². The summed E-state index contributed by atoms with van der Waals surface area (Å²) in [6, 6.07) is 10.1. The van der Waals surface area contributed by atoms with E-state index in [-0.39, 0.29) is 0 Å². The normalized spacial score (nSPS) is 9.90. The first-order valence-corrected chi connectivity index (χ1v) is 6.34. The zero-order valence-electron chi connectivity index (χ0n) is 11.9. The van der Waals surface area contributed by atoms with Gasteiger partial charge in [0.05, 0.1) is 6.07 Å². The standard InChI is InChI=1S/C15H17N5/c1-11-4-5-13(8-12(11)2)19-14-9-15(18-10-17-14)20(3)7-6-16/h4-5,8-10H,7H2,1-3H3,(H,17,18,19). The maximum absolute atomic E-state index is 8.71. The van der Waals surface area contributed by atoms with E-state index in [1.807, 2.05) is 19.2 Å². The fourth-order valence-electron chi connectivity index (χ4n) is 1.78. The Morgan fingerprint density at radius 2 is 2.00 bits per heavy atom. The lowest BCUT2D eigenvalue weighted by atomic mass is 10.1. The Morgan fingerprint density at radius 1 is 1.20 bits per heavy atom. The van der Waals surface area contributed by atoms with Crippen molar-refractivity contribution < 1.29 is 0 Å². The van der Waals surface area contributed by atoms with Crippen LogP contribution in [-0.4, -0.2) is 23.6 Å². The molecule has 20 heavy (non-hydrogen) atoms. The van der Waals surface area contributed by atoms with Crippen molar-refractivity contribution in [3.63, 3.8) is 0 Å². The van der Waals surface area contributed by atoms with Crippen LogP contribution in [0.3, 0.4) is 0 Å². The summed E-state index contributed by atoms with van der Waals surface area (Å²) in [7, 11) is 1.82. The molecule has 0 atom stereocenters. The summed E-state index contributed by atoms with van der Waals surface area (Å²) in [5.74, 6) is 1.43. The molecule has 0 bridgehead atoms. The molecule has 0 unspecified atom stereocenters. The van der Waals surface area contributed by atoms with E-state index in [9.17, 15) is 0 Å². The topological polar surface area (TPSA) is 64.8 Å². The van der Waals surface area contributed by atoms with E-state index in [1.54, 1.807) is 4.90 Å². The van der Waals surface area contributed by atoms with Gasteiger partial charge >= 0.3 is 0 Å². The lowest BCUT2D eigenvalue weighted by molar-refractivity contribution is 0.981. The smallest absolute Gasteiger partial charge is 0.135 e. The maximum atomic E-state index is 8.71. The molecule has 102 valence electrons. The van der Waals surface area contributed by atoms with E-state index < -0.39 is 0 Å². The highest BCUT2D eigenvalue weighted by atomic mass is 15.2. The fourth-order valence-corrected chi connectivity index (χ4v) is 1.78. The van der Waals surface area contributed by atoms with Crippen molar-refractivity contribution in [3.8, 4) is 6.07 Å². The molecule has 5 heteroatoms. The summed E-state index contributed by atoms with van der Waals surface area (Å²) in [4.78, 5) is 10.1. The zero-order chi connectivity index (χ0) is 14.5. The number of rotatable bonds is 4.